The zero-order valence-corrected chi connectivity index (χ0v) is 17.1. The van der Waals surface area contributed by atoms with E-state index in [1.54, 1.807) is 7.11 Å². The zero-order valence-electron chi connectivity index (χ0n) is 17.1. The molecule has 1 amide bonds. The van der Waals surface area contributed by atoms with Gasteiger partial charge in [0.2, 0.25) is 0 Å². The number of rotatable bonds is 7. The van der Waals surface area contributed by atoms with Gasteiger partial charge in [-0.25, -0.2) is 4.98 Å². The van der Waals surface area contributed by atoms with Crippen LogP contribution >= 0.6 is 0 Å². The van der Waals surface area contributed by atoms with E-state index < -0.39 is 0 Å². The number of H-pyrrole nitrogens is 1. The van der Waals surface area contributed by atoms with Crippen molar-refractivity contribution in [1.82, 2.24) is 20.5 Å². The lowest BCUT2D eigenvalue weighted by Gasteiger charge is -2.10. The second-order valence-corrected chi connectivity index (χ2v) is 7.19. The molecule has 0 fully saturated rings. The molecule has 0 saturated carbocycles. The van der Waals surface area contributed by atoms with Crippen molar-refractivity contribution in [1.29, 1.82) is 0 Å². The van der Waals surface area contributed by atoms with E-state index >= 15 is 0 Å². The fourth-order valence-corrected chi connectivity index (χ4v) is 3.40. The molecule has 2 N–H and O–H groups in total. The standard InChI is InChI=1S/C24H24N4O2/c1-16-9-11-17(12-10-16)20-15-19(24(29)25-13-6-14-30-2)21-22(27-28-23(21)26-20)18-7-4-3-5-8-18/h3-5,7-12,15H,6,13-14H2,1-2H3,(H,25,29)(H,26,27,28). The number of aromatic amines is 1. The summed E-state index contributed by atoms with van der Waals surface area (Å²) in [7, 11) is 1.65. The van der Waals surface area contributed by atoms with E-state index in [9.17, 15) is 4.79 Å². The lowest BCUT2D eigenvalue weighted by molar-refractivity contribution is 0.0950. The van der Waals surface area contributed by atoms with Crippen molar-refractivity contribution in [3.63, 3.8) is 0 Å². The first-order valence-electron chi connectivity index (χ1n) is 9.96. The number of amides is 1. The Bertz CT molecular complexity index is 1150. The predicted molar refractivity (Wildman–Crippen MR) is 118 cm³/mol. The summed E-state index contributed by atoms with van der Waals surface area (Å²) in [5, 5.41) is 11.2. The number of ether oxygens (including phenoxy) is 1. The van der Waals surface area contributed by atoms with E-state index in [4.69, 9.17) is 9.72 Å². The van der Waals surface area contributed by atoms with Crippen LogP contribution < -0.4 is 5.32 Å². The van der Waals surface area contributed by atoms with Crippen LogP contribution in [0.3, 0.4) is 0 Å². The van der Waals surface area contributed by atoms with E-state index in [2.05, 4.69) is 15.5 Å². The van der Waals surface area contributed by atoms with Crippen LogP contribution in [0.25, 0.3) is 33.5 Å². The molecule has 0 radical (unpaired) electrons. The summed E-state index contributed by atoms with van der Waals surface area (Å²) in [6.07, 6.45) is 0.748. The Morgan fingerprint density at radius 3 is 2.57 bits per heavy atom. The number of pyridine rings is 1. The number of fused-ring (bicyclic) bond motifs is 1. The number of carbonyl (C=O) groups excluding carboxylic acids is 1. The van der Waals surface area contributed by atoms with E-state index in [0.717, 1.165) is 34.3 Å². The summed E-state index contributed by atoms with van der Waals surface area (Å²) in [5.41, 5.74) is 5.65. The molecule has 4 aromatic rings. The third-order valence-corrected chi connectivity index (χ3v) is 4.99. The lowest BCUT2D eigenvalue weighted by atomic mass is 10.0. The van der Waals surface area contributed by atoms with Gasteiger partial charge in [0.1, 0.15) is 0 Å². The molecule has 0 saturated heterocycles. The van der Waals surface area contributed by atoms with Crippen molar-refractivity contribution in [2.75, 3.05) is 20.3 Å². The zero-order chi connectivity index (χ0) is 20.9. The molecule has 152 valence electrons. The van der Waals surface area contributed by atoms with Gasteiger partial charge in [-0.1, -0.05) is 60.2 Å². The quantitative estimate of drug-likeness (QED) is 0.452. The van der Waals surface area contributed by atoms with Gasteiger partial charge in [0, 0.05) is 31.4 Å². The highest BCUT2D eigenvalue weighted by molar-refractivity contribution is 6.10. The number of aromatic nitrogens is 3. The van der Waals surface area contributed by atoms with Gasteiger partial charge in [-0.05, 0) is 19.4 Å². The number of methoxy groups -OCH3 is 1. The van der Waals surface area contributed by atoms with Crippen LogP contribution in [-0.4, -0.2) is 41.3 Å². The Morgan fingerprint density at radius 2 is 1.83 bits per heavy atom. The average Bonchev–Trinajstić information content (AvgIpc) is 3.21. The van der Waals surface area contributed by atoms with Crippen LogP contribution in [0.4, 0.5) is 0 Å². The Hall–Kier alpha value is -3.51. The molecule has 6 nitrogen and oxygen atoms in total. The summed E-state index contributed by atoms with van der Waals surface area (Å²) in [4.78, 5) is 17.9. The Balaban J connectivity index is 1.82. The van der Waals surface area contributed by atoms with Crippen molar-refractivity contribution in [3.8, 4) is 22.5 Å². The molecule has 0 aliphatic carbocycles. The van der Waals surface area contributed by atoms with Crippen LogP contribution in [0.15, 0.2) is 60.7 Å². The molecule has 0 bridgehead atoms. The Kier molecular flexibility index (Phi) is 5.86. The first-order valence-corrected chi connectivity index (χ1v) is 9.96. The summed E-state index contributed by atoms with van der Waals surface area (Å²) >= 11 is 0. The molecule has 0 spiro atoms. The number of nitrogens with one attached hydrogen (secondary N) is 2. The van der Waals surface area contributed by atoms with Crippen molar-refractivity contribution >= 4 is 16.9 Å². The highest BCUT2D eigenvalue weighted by Crippen LogP contribution is 2.31. The number of carbonyl (C=O) groups is 1. The first-order chi connectivity index (χ1) is 14.7. The predicted octanol–water partition coefficient (Wildman–Crippen LogP) is 4.37. The number of aryl methyl sites for hydroxylation is 1. The molecule has 30 heavy (non-hydrogen) atoms. The molecule has 0 atom stereocenters. The molecule has 0 aliphatic heterocycles. The molecule has 2 heterocycles. The Morgan fingerprint density at radius 1 is 1.07 bits per heavy atom. The maximum Gasteiger partial charge on any atom is 0.252 e. The number of hydrogen-bond donors (Lipinski definition) is 2. The van der Waals surface area contributed by atoms with Crippen LogP contribution in [0.2, 0.25) is 0 Å². The van der Waals surface area contributed by atoms with Gasteiger partial charge in [-0.2, -0.15) is 5.10 Å². The molecule has 6 heteroatoms. The van der Waals surface area contributed by atoms with E-state index in [1.165, 1.54) is 5.56 Å². The highest BCUT2D eigenvalue weighted by atomic mass is 16.5. The minimum Gasteiger partial charge on any atom is -0.385 e. The Labute approximate surface area is 175 Å². The maximum absolute atomic E-state index is 13.1. The summed E-state index contributed by atoms with van der Waals surface area (Å²) < 4.78 is 5.07. The minimum absolute atomic E-state index is 0.148. The van der Waals surface area contributed by atoms with Gasteiger partial charge in [0.25, 0.3) is 5.91 Å². The van der Waals surface area contributed by atoms with Crippen LogP contribution in [0.5, 0.6) is 0 Å². The molecule has 2 aromatic carbocycles. The van der Waals surface area contributed by atoms with Gasteiger partial charge in [-0.15, -0.1) is 0 Å². The SMILES string of the molecule is COCCCNC(=O)c1cc(-c2ccc(C)cc2)nc2n[nH]c(-c3ccccc3)c12. The van der Waals surface area contributed by atoms with E-state index in [-0.39, 0.29) is 5.91 Å². The summed E-state index contributed by atoms with van der Waals surface area (Å²) in [6, 6.07) is 19.8. The summed E-state index contributed by atoms with van der Waals surface area (Å²) in [5.74, 6) is -0.148. The topological polar surface area (TPSA) is 79.9 Å². The fraction of sp³-hybridized carbons (Fsp3) is 0.208. The maximum atomic E-state index is 13.1. The summed E-state index contributed by atoms with van der Waals surface area (Å²) in [6.45, 7) is 3.18. The smallest absolute Gasteiger partial charge is 0.252 e. The second kappa shape index (κ2) is 8.88. The van der Waals surface area contributed by atoms with Crippen LogP contribution in [-0.2, 0) is 4.74 Å². The molecular weight excluding hydrogens is 376 g/mol. The minimum atomic E-state index is -0.148. The largest absolute Gasteiger partial charge is 0.385 e. The highest BCUT2D eigenvalue weighted by Gasteiger charge is 2.20. The lowest BCUT2D eigenvalue weighted by Crippen LogP contribution is -2.25. The van der Waals surface area contributed by atoms with Gasteiger partial charge in [0.15, 0.2) is 5.65 Å². The van der Waals surface area contributed by atoms with E-state index in [0.29, 0.717) is 24.4 Å². The average molecular weight is 400 g/mol. The third kappa shape index (κ3) is 4.09. The van der Waals surface area contributed by atoms with Crippen LogP contribution in [0.1, 0.15) is 22.3 Å². The molecule has 2 aromatic heterocycles. The van der Waals surface area contributed by atoms with Crippen molar-refractivity contribution in [2.45, 2.75) is 13.3 Å². The van der Waals surface area contributed by atoms with Gasteiger partial charge >= 0.3 is 0 Å². The van der Waals surface area contributed by atoms with Gasteiger partial charge in [-0.3, -0.25) is 9.89 Å². The number of nitrogens with zero attached hydrogens (tertiary/aromatic N) is 2. The van der Waals surface area contributed by atoms with Gasteiger partial charge in [0.05, 0.1) is 22.3 Å². The monoisotopic (exact) mass is 400 g/mol. The number of benzene rings is 2. The van der Waals surface area contributed by atoms with Gasteiger partial charge < -0.3 is 10.1 Å². The van der Waals surface area contributed by atoms with Crippen molar-refractivity contribution in [2.24, 2.45) is 0 Å². The van der Waals surface area contributed by atoms with Crippen molar-refractivity contribution < 1.29 is 9.53 Å². The first kappa shape index (κ1) is 19.8. The molecule has 0 aliphatic rings. The normalized spacial score (nSPS) is 11.0. The third-order valence-electron chi connectivity index (χ3n) is 4.99. The number of hydrogen-bond acceptors (Lipinski definition) is 4. The van der Waals surface area contributed by atoms with Crippen LogP contribution in [0, 0.1) is 6.92 Å². The molecule has 0 unspecified atom stereocenters. The molecule has 4 rings (SSSR count). The second-order valence-electron chi connectivity index (χ2n) is 7.19. The van der Waals surface area contributed by atoms with Crippen molar-refractivity contribution in [3.05, 3.63) is 71.8 Å². The fourth-order valence-electron chi connectivity index (χ4n) is 3.40. The molecular formula is C24H24N4O2. The van der Waals surface area contributed by atoms with E-state index in [1.807, 2.05) is 67.6 Å².